The third-order valence-corrected chi connectivity index (χ3v) is 6.66. The fourth-order valence-electron chi connectivity index (χ4n) is 4.88. The van der Waals surface area contributed by atoms with Crippen LogP contribution in [0.1, 0.15) is 63.0 Å². The first-order valence-electron chi connectivity index (χ1n) is 12.1. The molecule has 1 aliphatic carbocycles. The molecule has 1 aliphatic heterocycles. The van der Waals surface area contributed by atoms with Gasteiger partial charge in [-0.3, -0.25) is 9.69 Å². The van der Waals surface area contributed by atoms with E-state index in [1.807, 2.05) is 14.1 Å². The van der Waals surface area contributed by atoms with Gasteiger partial charge in [-0.15, -0.1) is 24.0 Å². The second kappa shape index (κ2) is 13.4. The Bertz CT molecular complexity index is 722. The Hall–Kier alpha value is -1.35. The molecule has 2 fully saturated rings. The number of nitrogens with one attached hydrogen (secondary N) is 2. The summed E-state index contributed by atoms with van der Waals surface area (Å²) in [5.41, 5.74) is 2.29. The van der Waals surface area contributed by atoms with Crippen LogP contribution in [0.2, 0.25) is 0 Å². The smallest absolute Gasteiger partial charge is 0.230 e. The Morgan fingerprint density at radius 1 is 1.00 bits per heavy atom. The lowest BCUT2D eigenvalue weighted by molar-refractivity contribution is -0.138. The summed E-state index contributed by atoms with van der Waals surface area (Å²) in [6, 6.07) is 8.87. The van der Waals surface area contributed by atoms with Crippen molar-refractivity contribution in [2.75, 3.05) is 40.3 Å². The number of benzene rings is 1. The van der Waals surface area contributed by atoms with Gasteiger partial charge < -0.3 is 15.5 Å². The van der Waals surface area contributed by atoms with E-state index in [-0.39, 0.29) is 35.3 Å². The first-order chi connectivity index (χ1) is 15.0. The van der Waals surface area contributed by atoms with Gasteiger partial charge in [0.25, 0.3) is 0 Å². The van der Waals surface area contributed by atoms with Gasteiger partial charge in [0.15, 0.2) is 5.96 Å². The first-order valence-corrected chi connectivity index (χ1v) is 12.1. The molecule has 1 amide bonds. The molecule has 1 saturated heterocycles. The predicted octanol–water partition coefficient (Wildman–Crippen LogP) is 3.99. The summed E-state index contributed by atoms with van der Waals surface area (Å²) in [4.78, 5) is 21.9. The van der Waals surface area contributed by atoms with Crippen LogP contribution in [0.4, 0.5) is 0 Å². The third kappa shape index (κ3) is 7.61. The fraction of sp³-hybridized carbons (Fsp3) is 0.680. The number of hydrogen-bond donors (Lipinski definition) is 2. The van der Waals surface area contributed by atoms with Gasteiger partial charge in [-0.2, -0.15) is 0 Å². The zero-order valence-electron chi connectivity index (χ0n) is 20.2. The Morgan fingerprint density at radius 2 is 1.62 bits per heavy atom. The lowest BCUT2D eigenvalue weighted by Gasteiger charge is -2.31. The second-order valence-corrected chi connectivity index (χ2v) is 9.39. The Balaban J connectivity index is 0.00000363. The maximum Gasteiger partial charge on any atom is 0.230 e. The largest absolute Gasteiger partial charge is 0.357 e. The molecule has 0 unspecified atom stereocenters. The molecule has 7 heteroatoms. The summed E-state index contributed by atoms with van der Waals surface area (Å²) >= 11 is 0. The monoisotopic (exact) mass is 555 g/mol. The molecule has 3 rings (SSSR count). The van der Waals surface area contributed by atoms with Crippen LogP contribution in [0.5, 0.6) is 0 Å². The number of amides is 1. The van der Waals surface area contributed by atoms with E-state index in [2.05, 4.69) is 46.7 Å². The average Bonchev–Trinajstić information content (AvgIpc) is 3.27. The molecule has 1 heterocycles. The fourth-order valence-corrected chi connectivity index (χ4v) is 4.88. The van der Waals surface area contributed by atoms with Crippen molar-refractivity contribution in [3.8, 4) is 0 Å². The molecule has 1 aromatic rings. The number of halogens is 1. The summed E-state index contributed by atoms with van der Waals surface area (Å²) in [7, 11) is 3.72. The molecule has 2 aliphatic rings. The molecule has 0 spiro atoms. The SMILES string of the molecule is CCNC(=NCc1ccc(CN2CCCCC2)cc1)NCC1(C(=O)N(C)C)CCCC1.I. The Labute approximate surface area is 211 Å². The Morgan fingerprint density at radius 3 is 2.22 bits per heavy atom. The minimum Gasteiger partial charge on any atom is -0.357 e. The third-order valence-electron chi connectivity index (χ3n) is 6.66. The highest BCUT2D eigenvalue weighted by Crippen LogP contribution is 2.38. The van der Waals surface area contributed by atoms with E-state index < -0.39 is 0 Å². The summed E-state index contributed by atoms with van der Waals surface area (Å²) < 4.78 is 0. The van der Waals surface area contributed by atoms with Gasteiger partial charge in [-0.1, -0.05) is 43.5 Å². The molecule has 1 aromatic carbocycles. The van der Waals surface area contributed by atoms with Crippen molar-refractivity contribution in [3.05, 3.63) is 35.4 Å². The normalized spacial score (nSPS) is 18.7. The van der Waals surface area contributed by atoms with Gasteiger partial charge in [0.1, 0.15) is 0 Å². The van der Waals surface area contributed by atoms with Gasteiger partial charge >= 0.3 is 0 Å². The van der Waals surface area contributed by atoms with Gasteiger partial charge in [0.05, 0.1) is 12.0 Å². The van der Waals surface area contributed by atoms with Crippen molar-refractivity contribution in [1.29, 1.82) is 0 Å². The molecular weight excluding hydrogens is 513 g/mol. The van der Waals surface area contributed by atoms with Gasteiger partial charge in [-0.05, 0) is 56.8 Å². The van der Waals surface area contributed by atoms with E-state index >= 15 is 0 Å². The van der Waals surface area contributed by atoms with Crippen LogP contribution >= 0.6 is 24.0 Å². The number of guanidine groups is 1. The van der Waals surface area contributed by atoms with Crippen molar-refractivity contribution in [2.24, 2.45) is 10.4 Å². The zero-order chi connectivity index (χ0) is 22.1. The van der Waals surface area contributed by atoms with Gasteiger partial charge in [-0.25, -0.2) is 4.99 Å². The van der Waals surface area contributed by atoms with E-state index in [9.17, 15) is 4.79 Å². The molecular formula is C25H42IN5O. The maximum absolute atomic E-state index is 12.8. The number of nitrogens with zero attached hydrogens (tertiary/aromatic N) is 3. The Kier molecular flexibility index (Phi) is 11.2. The lowest BCUT2D eigenvalue weighted by atomic mass is 9.84. The van der Waals surface area contributed by atoms with Crippen LogP contribution in [0.25, 0.3) is 0 Å². The van der Waals surface area contributed by atoms with E-state index in [1.54, 1.807) is 4.90 Å². The minimum absolute atomic E-state index is 0. The van der Waals surface area contributed by atoms with Crippen LogP contribution in [0.15, 0.2) is 29.3 Å². The van der Waals surface area contributed by atoms with E-state index in [0.29, 0.717) is 13.1 Å². The highest BCUT2D eigenvalue weighted by atomic mass is 127. The van der Waals surface area contributed by atoms with Crippen LogP contribution in [-0.4, -0.2) is 61.9 Å². The van der Waals surface area contributed by atoms with E-state index in [4.69, 9.17) is 4.99 Å². The quantitative estimate of drug-likeness (QED) is 0.290. The molecule has 32 heavy (non-hydrogen) atoms. The van der Waals surface area contributed by atoms with Gasteiger partial charge in [0.2, 0.25) is 5.91 Å². The summed E-state index contributed by atoms with van der Waals surface area (Å²) in [6.45, 7) is 7.65. The van der Waals surface area contributed by atoms with Crippen LogP contribution in [0, 0.1) is 5.41 Å². The van der Waals surface area contributed by atoms with Crippen molar-refractivity contribution >= 4 is 35.8 Å². The molecule has 0 radical (unpaired) electrons. The molecule has 6 nitrogen and oxygen atoms in total. The maximum atomic E-state index is 12.8. The summed E-state index contributed by atoms with van der Waals surface area (Å²) in [5, 5.41) is 6.79. The van der Waals surface area contributed by atoms with Crippen LogP contribution in [0.3, 0.4) is 0 Å². The number of carbonyl (C=O) groups is 1. The molecule has 0 aromatic heterocycles. The average molecular weight is 556 g/mol. The molecule has 0 bridgehead atoms. The number of carbonyl (C=O) groups excluding carboxylic acids is 1. The topological polar surface area (TPSA) is 60.0 Å². The van der Waals surface area contributed by atoms with E-state index in [0.717, 1.165) is 44.7 Å². The van der Waals surface area contributed by atoms with E-state index in [1.165, 1.54) is 43.5 Å². The minimum atomic E-state index is -0.296. The zero-order valence-corrected chi connectivity index (χ0v) is 22.5. The van der Waals surface area contributed by atoms with Crippen molar-refractivity contribution in [2.45, 2.75) is 65.0 Å². The van der Waals surface area contributed by atoms with Crippen molar-refractivity contribution < 1.29 is 4.79 Å². The number of piperidine rings is 1. The first kappa shape index (κ1) is 26.9. The number of likely N-dealkylation sites (tertiary alicyclic amines) is 1. The highest BCUT2D eigenvalue weighted by molar-refractivity contribution is 14.0. The van der Waals surface area contributed by atoms with Crippen LogP contribution in [-0.2, 0) is 17.9 Å². The van der Waals surface area contributed by atoms with Crippen molar-refractivity contribution in [1.82, 2.24) is 20.4 Å². The molecule has 0 atom stereocenters. The predicted molar refractivity (Wildman–Crippen MR) is 143 cm³/mol. The highest BCUT2D eigenvalue weighted by Gasteiger charge is 2.42. The van der Waals surface area contributed by atoms with Gasteiger partial charge in [0, 0.05) is 33.7 Å². The summed E-state index contributed by atoms with van der Waals surface area (Å²) in [6.07, 6.45) is 8.18. The number of hydrogen-bond acceptors (Lipinski definition) is 3. The molecule has 180 valence electrons. The number of rotatable bonds is 8. The lowest BCUT2D eigenvalue weighted by Crippen LogP contribution is -2.49. The molecule has 2 N–H and O–H groups in total. The molecule has 1 saturated carbocycles. The van der Waals surface area contributed by atoms with Crippen LogP contribution < -0.4 is 10.6 Å². The van der Waals surface area contributed by atoms with Crippen molar-refractivity contribution in [3.63, 3.8) is 0 Å². The number of aliphatic imine (C=N–C) groups is 1. The standard InChI is InChI=1S/C25H41N5O.HI/c1-4-26-24(28-20-25(14-6-7-15-25)23(31)29(2)3)27-18-21-10-12-22(13-11-21)19-30-16-8-5-9-17-30;/h10-13H,4-9,14-20H2,1-3H3,(H2,26,27,28);1H. The second-order valence-electron chi connectivity index (χ2n) is 9.39. The summed E-state index contributed by atoms with van der Waals surface area (Å²) in [5.74, 6) is 1.02.